The van der Waals surface area contributed by atoms with Crippen molar-refractivity contribution < 1.29 is 35.5 Å². The minimum absolute atomic E-state index is 0. The van der Waals surface area contributed by atoms with E-state index in [0.29, 0.717) is 0 Å². The van der Waals surface area contributed by atoms with Crippen LogP contribution in [0.4, 0.5) is 0 Å². The number of hydrogen-bond donors (Lipinski definition) is 0. The molecule has 0 aliphatic heterocycles. The Labute approximate surface area is 172 Å². The Morgan fingerprint density at radius 3 is 1.00 bits per heavy atom. The first-order chi connectivity index (χ1) is 10.6. The predicted octanol–water partition coefficient (Wildman–Crippen LogP) is 4.07. The number of quaternary nitrogens is 1. The minimum atomic E-state index is 0. The van der Waals surface area contributed by atoms with E-state index < -0.39 is 0 Å². The van der Waals surface area contributed by atoms with E-state index in [2.05, 4.69) is 28.1 Å². The molecule has 0 saturated carbocycles. The first-order valence-corrected chi connectivity index (χ1v) is 10.4. The Morgan fingerprint density at radius 2 is 0.739 bits per heavy atom. The largest absolute Gasteiger partial charge is 1.00 e. The van der Waals surface area contributed by atoms with Gasteiger partial charge in [-0.1, -0.05) is 96.8 Å². The van der Waals surface area contributed by atoms with Gasteiger partial charge in [-0.25, -0.2) is 0 Å². The van der Waals surface area contributed by atoms with Crippen molar-refractivity contribution in [1.29, 1.82) is 0 Å². The van der Waals surface area contributed by atoms with Gasteiger partial charge in [-0.2, -0.15) is 0 Å². The van der Waals surface area contributed by atoms with Gasteiger partial charge in [0.15, 0.2) is 0 Å². The molecule has 0 bridgehead atoms. The molecule has 23 heavy (non-hydrogen) atoms. The van der Waals surface area contributed by atoms with E-state index >= 15 is 0 Å². The van der Waals surface area contributed by atoms with E-state index in [4.69, 9.17) is 0 Å². The van der Waals surface area contributed by atoms with Crippen LogP contribution in [0, 0.1) is 0 Å². The summed E-state index contributed by atoms with van der Waals surface area (Å²) in [5.41, 5.74) is 0. The fourth-order valence-electron chi connectivity index (χ4n) is 3.13. The fourth-order valence-corrected chi connectivity index (χ4v) is 3.13. The van der Waals surface area contributed by atoms with Crippen LogP contribution in [0.2, 0.25) is 0 Å². The summed E-state index contributed by atoms with van der Waals surface area (Å²) in [6.07, 6.45) is 23.4. The van der Waals surface area contributed by atoms with Crippen LogP contribution < -0.4 is 29.6 Å². The van der Waals surface area contributed by atoms with Crippen LogP contribution in [0.25, 0.3) is 0 Å². The SMILES string of the molecule is CCCCCCCCCCCCCCCCCC[N+](C)(C)C.[H-].[Na+]. The summed E-state index contributed by atoms with van der Waals surface area (Å²) in [6, 6.07) is 0. The van der Waals surface area contributed by atoms with E-state index in [1.165, 1.54) is 109 Å². The number of nitrogens with zero attached hydrogens (tertiary/aromatic N) is 1. The van der Waals surface area contributed by atoms with Crippen LogP contribution in [0.15, 0.2) is 0 Å². The van der Waals surface area contributed by atoms with Gasteiger partial charge >= 0.3 is 29.6 Å². The van der Waals surface area contributed by atoms with Crippen LogP contribution in [0.5, 0.6) is 0 Å². The van der Waals surface area contributed by atoms with E-state index in [1.807, 2.05) is 0 Å². The maximum Gasteiger partial charge on any atom is 1.00 e. The molecule has 1 nitrogen and oxygen atoms in total. The summed E-state index contributed by atoms with van der Waals surface area (Å²) in [6.45, 7) is 3.63. The smallest absolute Gasteiger partial charge is 1.00 e. The van der Waals surface area contributed by atoms with Crippen molar-refractivity contribution in [3.63, 3.8) is 0 Å². The van der Waals surface area contributed by atoms with Crippen molar-refractivity contribution in [2.75, 3.05) is 27.7 Å². The van der Waals surface area contributed by atoms with Crippen LogP contribution in [-0.2, 0) is 0 Å². The monoisotopic (exact) mass is 336 g/mol. The van der Waals surface area contributed by atoms with E-state index in [9.17, 15) is 0 Å². The average Bonchev–Trinajstić information content (AvgIpc) is 2.45. The second kappa shape index (κ2) is 19.3. The molecule has 0 aromatic heterocycles. The Hall–Kier alpha value is 0.960. The standard InChI is InChI=1S/C21H46N.Na.H/c1-5-6-7-8-9-10-11-12-13-14-15-16-17-18-19-20-21-22(2,3)4;;/h5-21H2,1-4H3;;/q2*+1;-1. The number of hydrogen-bond acceptors (Lipinski definition) is 0. The van der Waals surface area contributed by atoms with Crippen molar-refractivity contribution in [1.82, 2.24) is 0 Å². The fraction of sp³-hybridized carbons (Fsp3) is 1.00. The van der Waals surface area contributed by atoms with Gasteiger partial charge in [-0.3, -0.25) is 0 Å². The Balaban J connectivity index is -0.00000220. The van der Waals surface area contributed by atoms with Crippen molar-refractivity contribution in [2.45, 2.75) is 110 Å². The van der Waals surface area contributed by atoms with Gasteiger partial charge in [-0.05, 0) is 12.8 Å². The molecule has 0 fully saturated rings. The van der Waals surface area contributed by atoms with Gasteiger partial charge in [0.05, 0.1) is 27.7 Å². The number of unbranched alkanes of at least 4 members (excludes halogenated alkanes) is 15. The van der Waals surface area contributed by atoms with Crippen molar-refractivity contribution in [3.8, 4) is 0 Å². The third kappa shape index (κ3) is 25.3. The minimum Gasteiger partial charge on any atom is -1.00 e. The molecule has 0 atom stereocenters. The second-order valence-corrected chi connectivity index (χ2v) is 8.32. The van der Waals surface area contributed by atoms with Gasteiger partial charge < -0.3 is 5.91 Å². The molecule has 0 radical (unpaired) electrons. The topological polar surface area (TPSA) is 0 Å². The summed E-state index contributed by atoms with van der Waals surface area (Å²) in [5, 5.41) is 0. The van der Waals surface area contributed by atoms with Crippen molar-refractivity contribution >= 4 is 0 Å². The van der Waals surface area contributed by atoms with Gasteiger partial charge in [0.1, 0.15) is 0 Å². The molecule has 0 unspecified atom stereocenters. The molecular formula is C21H47NNa+. The summed E-state index contributed by atoms with van der Waals surface area (Å²) in [4.78, 5) is 0. The Bertz CT molecular complexity index is 216. The first kappa shape index (κ1) is 26.2. The average molecular weight is 337 g/mol. The molecule has 136 valence electrons. The molecule has 0 aliphatic carbocycles. The molecule has 0 amide bonds. The molecule has 0 aromatic carbocycles. The molecule has 0 rings (SSSR count). The molecule has 2 heteroatoms. The third-order valence-electron chi connectivity index (χ3n) is 4.68. The quantitative estimate of drug-likeness (QED) is 0.213. The summed E-state index contributed by atoms with van der Waals surface area (Å²) >= 11 is 0. The van der Waals surface area contributed by atoms with Gasteiger partial charge in [0, 0.05) is 0 Å². The molecule has 0 aliphatic rings. The third-order valence-corrected chi connectivity index (χ3v) is 4.68. The first-order valence-electron chi connectivity index (χ1n) is 10.4. The summed E-state index contributed by atoms with van der Waals surface area (Å²) < 4.78 is 1.12. The van der Waals surface area contributed by atoms with Crippen molar-refractivity contribution in [3.05, 3.63) is 0 Å². The normalized spacial score (nSPS) is 11.5. The van der Waals surface area contributed by atoms with Crippen LogP contribution in [0.3, 0.4) is 0 Å². The zero-order chi connectivity index (χ0) is 16.5. The maximum absolute atomic E-state index is 2.30. The van der Waals surface area contributed by atoms with Crippen LogP contribution in [0.1, 0.15) is 111 Å². The zero-order valence-electron chi connectivity index (χ0n) is 18.5. The summed E-state index contributed by atoms with van der Waals surface area (Å²) in [5.74, 6) is 0. The molecule has 0 heterocycles. The zero-order valence-corrected chi connectivity index (χ0v) is 19.5. The van der Waals surface area contributed by atoms with Gasteiger partial charge in [-0.15, -0.1) is 0 Å². The molecule has 0 N–H and O–H groups in total. The van der Waals surface area contributed by atoms with E-state index in [1.54, 1.807) is 0 Å². The maximum atomic E-state index is 2.30. The molecule has 0 spiro atoms. The number of rotatable bonds is 17. The second-order valence-electron chi connectivity index (χ2n) is 8.32. The van der Waals surface area contributed by atoms with Gasteiger partial charge in [0.2, 0.25) is 0 Å². The molecule has 0 aromatic rings. The Morgan fingerprint density at radius 1 is 0.478 bits per heavy atom. The van der Waals surface area contributed by atoms with Crippen LogP contribution >= 0.6 is 0 Å². The van der Waals surface area contributed by atoms with Crippen LogP contribution in [-0.4, -0.2) is 32.2 Å². The van der Waals surface area contributed by atoms with E-state index in [-0.39, 0.29) is 31.0 Å². The predicted molar refractivity (Wildman–Crippen MR) is 104 cm³/mol. The van der Waals surface area contributed by atoms with Crippen molar-refractivity contribution in [2.24, 2.45) is 0 Å². The Kier molecular flexibility index (Phi) is 22.0. The molecule has 0 saturated heterocycles. The van der Waals surface area contributed by atoms with Gasteiger partial charge in [0.25, 0.3) is 0 Å². The molecular weight excluding hydrogens is 289 g/mol. The summed E-state index contributed by atoms with van der Waals surface area (Å²) in [7, 11) is 6.89. The van der Waals surface area contributed by atoms with E-state index in [0.717, 1.165) is 4.48 Å².